The van der Waals surface area contributed by atoms with Crippen molar-refractivity contribution < 1.29 is 9.90 Å². The Morgan fingerprint density at radius 2 is 1.57 bits per heavy atom. The Hall–Kier alpha value is -2.94. The summed E-state index contributed by atoms with van der Waals surface area (Å²) in [7, 11) is 0. The number of phenolic OH excluding ortho intramolecular Hbond substituents is 1. The molecule has 3 heteroatoms. The molecule has 3 nitrogen and oxygen atoms in total. The Bertz CT molecular complexity index is 753. The molecule has 0 aliphatic heterocycles. The van der Waals surface area contributed by atoms with Crippen LogP contribution in [0.25, 0.3) is 11.1 Å². The van der Waals surface area contributed by atoms with Crippen molar-refractivity contribution in [3.05, 3.63) is 72.8 Å². The number of hydrogen-bond acceptors (Lipinski definition) is 3. The number of phenols is 1. The summed E-state index contributed by atoms with van der Waals surface area (Å²) >= 11 is 0. The molecule has 1 N–H and O–H groups in total. The topological polar surface area (TPSA) is 49.7 Å². The van der Waals surface area contributed by atoms with Crippen LogP contribution in [-0.2, 0) is 4.79 Å². The van der Waals surface area contributed by atoms with Crippen molar-refractivity contribution in [3.8, 4) is 16.9 Å². The van der Waals surface area contributed by atoms with E-state index in [1.54, 1.807) is 24.3 Å². The molecule has 0 bridgehead atoms. The first-order valence-electron chi connectivity index (χ1n) is 6.60. The molecule has 3 rings (SSSR count). The van der Waals surface area contributed by atoms with E-state index >= 15 is 0 Å². The summed E-state index contributed by atoms with van der Waals surface area (Å²) in [6.45, 7) is 0. The monoisotopic (exact) mass is 275 g/mol. The van der Waals surface area contributed by atoms with Gasteiger partial charge < -0.3 is 5.11 Å². The van der Waals surface area contributed by atoms with E-state index < -0.39 is 0 Å². The van der Waals surface area contributed by atoms with Crippen LogP contribution in [0, 0.1) is 0 Å². The second-order valence-electron chi connectivity index (χ2n) is 4.67. The largest absolute Gasteiger partial charge is 0.507 e. The van der Waals surface area contributed by atoms with Crippen molar-refractivity contribution in [2.24, 2.45) is 4.99 Å². The van der Waals surface area contributed by atoms with Crippen LogP contribution in [0.5, 0.6) is 5.75 Å². The first-order valence-corrected chi connectivity index (χ1v) is 6.60. The summed E-state index contributed by atoms with van der Waals surface area (Å²) in [5.74, 6) is 0.180. The minimum absolute atomic E-state index is 0.0374. The van der Waals surface area contributed by atoms with Gasteiger partial charge in [-0.1, -0.05) is 30.3 Å². The van der Waals surface area contributed by atoms with E-state index in [0.717, 1.165) is 16.8 Å². The number of carbonyl (C=O) groups excluding carboxylic acids is 1. The molecular weight excluding hydrogens is 262 g/mol. The molecule has 0 heterocycles. The molecule has 102 valence electrons. The lowest BCUT2D eigenvalue weighted by atomic mass is 10.0. The maximum absolute atomic E-state index is 11.1. The van der Waals surface area contributed by atoms with Gasteiger partial charge in [-0.05, 0) is 48.1 Å². The maximum Gasteiger partial charge on any atom is 0.178 e. The van der Waals surface area contributed by atoms with E-state index in [1.807, 2.05) is 36.4 Å². The molecule has 0 radical (unpaired) electrons. The van der Waals surface area contributed by atoms with Gasteiger partial charge in [0.05, 0.1) is 11.4 Å². The fraction of sp³-hybridized carbons (Fsp3) is 0. The Balaban J connectivity index is 1.99. The first-order chi connectivity index (χ1) is 10.2. The second kappa shape index (κ2) is 5.59. The van der Waals surface area contributed by atoms with E-state index in [1.165, 1.54) is 12.2 Å². The van der Waals surface area contributed by atoms with E-state index in [9.17, 15) is 9.90 Å². The normalized spacial score (nSPS) is 13.5. The number of ketones is 1. The zero-order valence-corrected chi connectivity index (χ0v) is 11.2. The van der Waals surface area contributed by atoms with Crippen LogP contribution < -0.4 is 0 Å². The van der Waals surface area contributed by atoms with Gasteiger partial charge in [-0.15, -0.1) is 0 Å². The van der Waals surface area contributed by atoms with E-state index in [-0.39, 0.29) is 11.5 Å². The quantitative estimate of drug-likeness (QED) is 0.847. The third-order valence-corrected chi connectivity index (χ3v) is 3.16. The van der Waals surface area contributed by atoms with Crippen molar-refractivity contribution in [1.82, 2.24) is 0 Å². The van der Waals surface area contributed by atoms with Gasteiger partial charge >= 0.3 is 0 Å². The third-order valence-electron chi connectivity index (χ3n) is 3.16. The number of carbonyl (C=O) groups is 1. The van der Waals surface area contributed by atoms with Crippen molar-refractivity contribution >= 4 is 17.2 Å². The number of benzene rings is 2. The molecule has 1 aliphatic carbocycles. The minimum atomic E-state index is -0.0374. The molecule has 2 aromatic rings. The Kier molecular flexibility index (Phi) is 3.48. The predicted molar refractivity (Wildman–Crippen MR) is 83.9 cm³/mol. The smallest absolute Gasteiger partial charge is 0.178 e. The molecule has 0 amide bonds. The van der Waals surface area contributed by atoms with Crippen LogP contribution >= 0.6 is 0 Å². The molecule has 0 unspecified atom stereocenters. The molecule has 1 aliphatic rings. The number of rotatable bonds is 2. The van der Waals surface area contributed by atoms with Crippen molar-refractivity contribution in [3.63, 3.8) is 0 Å². The Morgan fingerprint density at radius 1 is 0.857 bits per heavy atom. The highest BCUT2D eigenvalue weighted by Crippen LogP contribution is 2.32. The Morgan fingerprint density at radius 3 is 2.29 bits per heavy atom. The average Bonchev–Trinajstić information content (AvgIpc) is 2.52. The summed E-state index contributed by atoms with van der Waals surface area (Å²) in [6.07, 6.45) is 6.32. The zero-order chi connectivity index (χ0) is 14.7. The van der Waals surface area contributed by atoms with Gasteiger partial charge in [0.25, 0.3) is 0 Å². The standard InChI is InChI=1S/C18H13NO2/c20-16-9-6-14(7-10-16)19-15-8-11-18(21)17(12-15)13-4-2-1-3-5-13/h1-12,21H. The van der Waals surface area contributed by atoms with Crippen LogP contribution in [0.2, 0.25) is 0 Å². The molecule has 0 aromatic heterocycles. The van der Waals surface area contributed by atoms with Gasteiger partial charge in [-0.2, -0.15) is 0 Å². The molecular formula is C18H13NO2. The van der Waals surface area contributed by atoms with Crippen LogP contribution in [0.4, 0.5) is 5.69 Å². The lowest BCUT2D eigenvalue weighted by Gasteiger charge is -2.06. The molecule has 21 heavy (non-hydrogen) atoms. The van der Waals surface area contributed by atoms with E-state index in [2.05, 4.69) is 4.99 Å². The van der Waals surface area contributed by atoms with Crippen LogP contribution in [0.15, 0.2) is 77.8 Å². The third kappa shape index (κ3) is 2.98. The maximum atomic E-state index is 11.1. The number of nitrogens with zero attached hydrogens (tertiary/aromatic N) is 1. The number of aliphatic imine (C=N–C) groups is 1. The lowest BCUT2D eigenvalue weighted by molar-refractivity contribution is -0.110. The van der Waals surface area contributed by atoms with Crippen LogP contribution in [-0.4, -0.2) is 16.6 Å². The van der Waals surface area contributed by atoms with Crippen LogP contribution in [0.1, 0.15) is 0 Å². The van der Waals surface area contributed by atoms with Gasteiger partial charge in [0.2, 0.25) is 0 Å². The highest BCUT2D eigenvalue weighted by Gasteiger charge is 2.06. The van der Waals surface area contributed by atoms with E-state index in [0.29, 0.717) is 5.71 Å². The molecule has 0 fully saturated rings. The second-order valence-corrected chi connectivity index (χ2v) is 4.67. The summed E-state index contributed by atoms with van der Waals surface area (Å²) in [6, 6.07) is 14.8. The summed E-state index contributed by atoms with van der Waals surface area (Å²) in [4.78, 5) is 15.5. The summed E-state index contributed by atoms with van der Waals surface area (Å²) in [5, 5.41) is 10.0. The molecule has 2 aromatic carbocycles. The number of allylic oxidation sites excluding steroid dienone is 4. The lowest BCUT2D eigenvalue weighted by Crippen LogP contribution is -1.98. The fourth-order valence-electron chi connectivity index (χ4n) is 2.11. The van der Waals surface area contributed by atoms with Gasteiger partial charge in [-0.25, -0.2) is 4.99 Å². The molecule has 0 atom stereocenters. The molecule has 0 saturated heterocycles. The predicted octanol–water partition coefficient (Wildman–Crippen LogP) is 3.83. The minimum Gasteiger partial charge on any atom is -0.507 e. The molecule has 0 saturated carbocycles. The van der Waals surface area contributed by atoms with Gasteiger partial charge in [0, 0.05) is 5.56 Å². The number of hydrogen-bond donors (Lipinski definition) is 1. The number of aromatic hydroxyl groups is 1. The van der Waals surface area contributed by atoms with Gasteiger partial charge in [0.1, 0.15) is 5.75 Å². The van der Waals surface area contributed by atoms with Crippen molar-refractivity contribution in [2.45, 2.75) is 0 Å². The van der Waals surface area contributed by atoms with Gasteiger partial charge in [0.15, 0.2) is 5.78 Å². The first kappa shape index (κ1) is 13.1. The summed E-state index contributed by atoms with van der Waals surface area (Å²) in [5.41, 5.74) is 3.10. The highest BCUT2D eigenvalue weighted by atomic mass is 16.3. The summed E-state index contributed by atoms with van der Waals surface area (Å²) < 4.78 is 0. The van der Waals surface area contributed by atoms with Crippen molar-refractivity contribution in [1.29, 1.82) is 0 Å². The Labute approximate surface area is 122 Å². The van der Waals surface area contributed by atoms with Crippen LogP contribution in [0.3, 0.4) is 0 Å². The van der Waals surface area contributed by atoms with E-state index in [4.69, 9.17) is 0 Å². The zero-order valence-electron chi connectivity index (χ0n) is 11.2. The fourth-order valence-corrected chi connectivity index (χ4v) is 2.11. The van der Waals surface area contributed by atoms with Gasteiger partial charge in [-0.3, -0.25) is 4.79 Å². The average molecular weight is 275 g/mol. The molecule has 0 spiro atoms. The highest BCUT2D eigenvalue weighted by molar-refractivity contribution is 6.17. The SMILES string of the molecule is O=C1C=CC(=Nc2ccc(O)c(-c3ccccc3)c2)C=C1. The van der Waals surface area contributed by atoms with Crippen molar-refractivity contribution in [2.75, 3.05) is 0 Å².